The molecule has 3 aromatic carbocycles. The second-order valence-electron chi connectivity index (χ2n) is 6.25. The highest BCUT2D eigenvalue weighted by Crippen LogP contribution is 2.30. The number of carbonyl (C=O) groups excluding carboxylic acids is 2. The highest BCUT2D eigenvalue weighted by molar-refractivity contribution is 6.50. The van der Waals surface area contributed by atoms with E-state index in [0.717, 1.165) is 16.7 Å². The molecule has 0 radical (unpaired) electrons. The molecule has 3 heteroatoms. The van der Waals surface area contributed by atoms with Crippen LogP contribution in [0.1, 0.15) is 37.4 Å². The van der Waals surface area contributed by atoms with Crippen LogP contribution in [-0.2, 0) is 0 Å². The molecule has 0 heterocycles. The first-order valence-electron chi connectivity index (χ1n) is 8.31. The van der Waals surface area contributed by atoms with Crippen molar-refractivity contribution >= 4 is 11.6 Å². The van der Waals surface area contributed by atoms with Crippen LogP contribution in [0, 0.1) is 20.8 Å². The number of Topliss-reactive ketones (excluding diaryl/α,β-unsaturated/α-hetero) is 2. The smallest absolute Gasteiger partial charge is 0.234 e. The van der Waals surface area contributed by atoms with Gasteiger partial charge in [-0.2, -0.15) is 0 Å². The van der Waals surface area contributed by atoms with E-state index in [0.29, 0.717) is 11.1 Å². The topological polar surface area (TPSA) is 69.1 Å². The summed E-state index contributed by atoms with van der Waals surface area (Å²) in [6, 6.07) is 20.1. The molecule has 0 saturated heterocycles. The lowest BCUT2D eigenvalue weighted by molar-refractivity contribution is 0.0817. The Morgan fingerprint density at radius 1 is 0.615 bits per heavy atom. The number of rotatable bonds is 4. The van der Waals surface area contributed by atoms with Crippen LogP contribution in [0.2, 0.25) is 0 Å². The molecular formula is C23H23NO2. The lowest BCUT2D eigenvalue weighted by atomic mass is 9.89. The molecule has 0 fully saturated rings. The van der Waals surface area contributed by atoms with Crippen LogP contribution in [-0.4, -0.2) is 11.6 Å². The Balaban J connectivity index is 0.00000243. The van der Waals surface area contributed by atoms with Gasteiger partial charge in [0.1, 0.15) is 0 Å². The van der Waals surface area contributed by atoms with E-state index in [4.69, 9.17) is 0 Å². The molecule has 0 atom stereocenters. The fourth-order valence-corrected chi connectivity index (χ4v) is 3.01. The van der Waals surface area contributed by atoms with Gasteiger partial charge in [0.2, 0.25) is 11.6 Å². The van der Waals surface area contributed by atoms with Crippen molar-refractivity contribution in [3.8, 4) is 11.1 Å². The molecule has 0 aliphatic carbocycles. The molecule has 3 aromatic rings. The first kappa shape index (κ1) is 19.3. The summed E-state index contributed by atoms with van der Waals surface area (Å²) in [4.78, 5) is 25.4. The molecule has 26 heavy (non-hydrogen) atoms. The highest BCUT2D eigenvalue weighted by Gasteiger charge is 2.22. The van der Waals surface area contributed by atoms with Crippen LogP contribution >= 0.6 is 0 Å². The summed E-state index contributed by atoms with van der Waals surface area (Å²) in [5.41, 5.74) is 6.21. The minimum Gasteiger partial charge on any atom is -0.344 e. The second kappa shape index (κ2) is 7.89. The van der Waals surface area contributed by atoms with E-state index in [2.05, 4.69) is 26.8 Å². The zero-order valence-corrected chi connectivity index (χ0v) is 15.4. The van der Waals surface area contributed by atoms with Crippen molar-refractivity contribution in [1.82, 2.24) is 6.15 Å². The molecule has 3 rings (SSSR count). The average molecular weight is 345 g/mol. The minimum absolute atomic E-state index is 0. The van der Waals surface area contributed by atoms with Crippen LogP contribution in [0.25, 0.3) is 11.1 Å². The fourth-order valence-electron chi connectivity index (χ4n) is 3.01. The highest BCUT2D eigenvalue weighted by atomic mass is 16.2. The maximum atomic E-state index is 12.9. The third-order valence-corrected chi connectivity index (χ3v) is 4.76. The third kappa shape index (κ3) is 3.48. The quantitative estimate of drug-likeness (QED) is 0.501. The molecule has 3 N–H and O–H groups in total. The molecule has 0 aliphatic rings. The van der Waals surface area contributed by atoms with Gasteiger partial charge in [0, 0.05) is 11.1 Å². The summed E-state index contributed by atoms with van der Waals surface area (Å²) in [5.74, 6) is -0.950. The monoisotopic (exact) mass is 345 g/mol. The third-order valence-electron chi connectivity index (χ3n) is 4.76. The molecule has 0 aliphatic heterocycles. The Kier molecular flexibility index (Phi) is 5.86. The van der Waals surface area contributed by atoms with Crippen molar-refractivity contribution in [2.45, 2.75) is 20.8 Å². The predicted octanol–water partition coefficient (Wildman–Crippen LogP) is 5.51. The number of aryl methyl sites for hydroxylation is 1. The maximum Gasteiger partial charge on any atom is 0.234 e. The molecule has 0 unspecified atom stereocenters. The number of benzene rings is 3. The number of carbonyl (C=O) groups is 2. The largest absolute Gasteiger partial charge is 0.344 e. The predicted molar refractivity (Wildman–Crippen MR) is 106 cm³/mol. The van der Waals surface area contributed by atoms with Gasteiger partial charge < -0.3 is 6.15 Å². The Morgan fingerprint density at radius 2 is 1.23 bits per heavy atom. The van der Waals surface area contributed by atoms with Gasteiger partial charge in [-0.3, -0.25) is 9.59 Å². The van der Waals surface area contributed by atoms with E-state index in [-0.39, 0.29) is 6.15 Å². The van der Waals surface area contributed by atoms with Crippen molar-refractivity contribution < 1.29 is 9.59 Å². The summed E-state index contributed by atoms with van der Waals surface area (Å²) >= 11 is 0. The minimum atomic E-state index is -0.477. The van der Waals surface area contributed by atoms with E-state index in [9.17, 15) is 9.59 Å². The van der Waals surface area contributed by atoms with Gasteiger partial charge in [0.25, 0.3) is 0 Å². The lowest BCUT2D eigenvalue weighted by Crippen LogP contribution is -2.15. The molecule has 132 valence electrons. The van der Waals surface area contributed by atoms with Gasteiger partial charge in [-0.15, -0.1) is 0 Å². The number of hydrogen-bond donors (Lipinski definition) is 1. The number of hydrogen-bond acceptors (Lipinski definition) is 3. The van der Waals surface area contributed by atoms with Gasteiger partial charge in [-0.05, 0) is 48.6 Å². The summed E-state index contributed by atoms with van der Waals surface area (Å²) in [5, 5.41) is 0. The summed E-state index contributed by atoms with van der Waals surface area (Å²) < 4.78 is 0. The van der Waals surface area contributed by atoms with Crippen LogP contribution < -0.4 is 6.15 Å². The average Bonchev–Trinajstić information content (AvgIpc) is 2.66. The zero-order valence-electron chi connectivity index (χ0n) is 15.4. The molecule has 0 saturated carbocycles. The van der Waals surface area contributed by atoms with Crippen molar-refractivity contribution in [3.05, 3.63) is 94.5 Å². The fraction of sp³-hybridized carbons (Fsp3) is 0.130. The molecule has 0 spiro atoms. The van der Waals surface area contributed by atoms with Gasteiger partial charge in [-0.1, -0.05) is 66.7 Å². The first-order valence-corrected chi connectivity index (χ1v) is 8.31. The van der Waals surface area contributed by atoms with E-state index in [1.165, 1.54) is 11.1 Å². The van der Waals surface area contributed by atoms with E-state index in [1.54, 1.807) is 36.4 Å². The van der Waals surface area contributed by atoms with Crippen molar-refractivity contribution in [2.24, 2.45) is 0 Å². The molecular weight excluding hydrogens is 322 g/mol. The number of ketones is 2. The van der Waals surface area contributed by atoms with Crippen molar-refractivity contribution in [2.75, 3.05) is 0 Å². The van der Waals surface area contributed by atoms with Crippen LogP contribution in [0.5, 0.6) is 0 Å². The standard InChI is InChI=1S/C23H20O2.H3N/c1-15-13-14-19(17(3)16(15)2)20-11-7-8-12-21(20)23(25)22(24)18-9-5-4-6-10-18;/h4-14H,1-3H3;1H3. The van der Waals surface area contributed by atoms with Crippen molar-refractivity contribution in [3.63, 3.8) is 0 Å². The maximum absolute atomic E-state index is 12.9. The van der Waals surface area contributed by atoms with Crippen LogP contribution in [0.3, 0.4) is 0 Å². The van der Waals surface area contributed by atoms with E-state index in [1.807, 2.05) is 24.3 Å². The van der Waals surface area contributed by atoms with Crippen molar-refractivity contribution in [1.29, 1.82) is 0 Å². The summed E-state index contributed by atoms with van der Waals surface area (Å²) in [7, 11) is 0. The zero-order chi connectivity index (χ0) is 18.0. The molecule has 3 nitrogen and oxygen atoms in total. The Bertz CT molecular complexity index is 959. The SMILES string of the molecule is Cc1ccc(-c2ccccc2C(=O)C(=O)c2ccccc2)c(C)c1C.N. The molecule has 0 amide bonds. The Morgan fingerprint density at radius 3 is 1.92 bits per heavy atom. The lowest BCUT2D eigenvalue weighted by Gasteiger charge is -2.14. The normalized spacial score (nSPS) is 10.1. The first-order chi connectivity index (χ1) is 12.0. The summed E-state index contributed by atoms with van der Waals surface area (Å²) in [6.45, 7) is 6.20. The summed E-state index contributed by atoms with van der Waals surface area (Å²) in [6.07, 6.45) is 0. The van der Waals surface area contributed by atoms with Gasteiger partial charge in [0.05, 0.1) is 0 Å². The van der Waals surface area contributed by atoms with Gasteiger partial charge in [-0.25, -0.2) is 0 Å². The second-order valence-corrected chi connectivity index (χ2v) is 6.25. The van der Waals surface area contributed by atoms with Gasteiger partial charge in [0.15, 0.2) is 0 Å². The Hall–Kier alpha value is -3.04. The van der Waals surface area contributed by atoms with E-state index >= 15 is 0 Å². The molecule has 0 aromatic heterocycles. The Labute approximate surface area is 154 Å². The van der Waals surface area contributed by atoms with Crippen LogP contribution in [0.4, 0.5) is 0 Å². The van der Waals surface area contributed by atoms with Gasteiger partial charge >= 0.3 is 0 Å². The molecule has 0 bridgehead atoms. The van der Waals surface area contributed by atoms with E-state index < -0.39 is 11.6 Å². The van der Waals surface area contributed by atoms with Crippen LogP contribution in [0.15, 0.2) is 66.7 Å².